The second-order valence-corrected chi connectivity index (χ2v) is 5.88. The van der Waals surface area contributed by atoms with Crippen LogP contribution >= 0.6 is 0 Å². The first kappa shape index (κ1) is 12.2. The maximum Gasteiger partial charge on any atom is 0.0894 e. The molecule has 2 heterocycles. The van der Waals surface area contributed by atoms with Crippen molar-refractivity contribution in [2.24, 2.45) is 13.0 Å². The van der Waals surface area contributed by atoms with Crippen LogP contribution in [0.15, 0.2) is 12.3 Å². The summed E-state index contributed by atoms with van der Waals surface area (Å²) in [7, 11) is 2.02. The number of aromatic nitrogens is 2. The zero-order chi connectivity index (χ0) is 12.6. The number of hydrogen-bond donors (Lipinski definition) is 1. The summed E-state index contributed by atoms with van der Waals surface area (Å²) in [6.07, 6.45) is 6.82. The molecule has 1 aromatic rings. The Hall–Kier alpha value is -0.870. The highest BCUT2D eigenvalue weighted by atomic mass is 16.5. The highest BCUT2D eigenvalue weighted by Crippen LogP contribution is 2.44. The van der Waals surface area contributed by atoms with Gasteiger partial charge in [0, 0.05) is 19.8 Å². The predicted octanol–water partition coefficient (Wildman–Crippen LogP) is 2.03. The normalized spacial score (nSPS) is 37.0. The fourth-order valence-corrected chi connectivity index (χ4v) is 3.71. The molecule has 1 aliphatic carbocycles. The van der Waals surface area contributed by atoms with Gasteiger partial charge in [-0.05, 0) is 24.8 Å². The molecule has 0 bridgehead atoms. The van der Waals surface area contributed by atoms with E-state index in [1.807, 2.05) is 17.9 Å². The Bertz CT molecular complexity index is 413. The standard InChI is InChI=1S/C14H23N3O/c1-11-4-3-6-14(10-11)13(15-8-9-18-14)12-5-7-16-17(12)2/h5,7,11,13,15H,3-4,6,8-10H2,1-2H3. The largest absolute Gasteiger partial charge is 0.372 e. The van der Waals surface area contributed by atoms with Crippen LogP contribution in [0.1, 0.15) is 44.3 Å². The number of ether oxygens (including phenoxy) is 1. The van der Waals surface area contributed by atoms with E-state index in [1.54, 1.807) is 0 Å². The molecule has 4 nitrogen and oxygen atoms in total. The van der Waals surface area contributed by atoms with E-state index in [1.165, 1.54) is 25.0 Å². The average Bonchev–Trinajstić information content (AvgIpc) is 2.76. The van der Waals surface area contributed by atoms with Crippen molar-refractivity contribution in [3.8, 4) is 0 Å². The van der Waals surface area contributed by atoms with Gasteiger partial charge in [0.25, 0.3) is 0 Å². The van der Waals surface area contributed by atoms with Gasteiger partial charge in [-0.2, -0.15) is 5.10 Å². The molecular formula is C14H23N3O. The van der Waals surface area contributed by atoms with Gasteiger partial charge in [-0.25, -0.2) is 0 Å². The quantitative estimate of drug-likeness (QED) is 0.827. The Labute approximate surface area is 109 Å². The molecule has 0 aromatic carbocycles. The van der Waals surface area contributed by atoms with E-state index >= 15 is 0 Å². The van der Waals surface area contributed by atoms with Gasteiger partial charge < -0.3 is 10.1 Å². The second-order valence-electron chi connectivity index (χ2n) is 5.88. The summed E-state index contributed by atoms with van der Waals surface area (Å²) >= 11 is 0. The zero-order valence-corrected chi connectivity index (χ0v) is 11.4. The molecule has 4 heteroatoms. The maximum absolute atomic E-state index is 6.26. The molecule has 3 atom stereocenters. The molecule has 3 rings (SSSR count). The molecule has 1 spiro atoms. The molecule has 3 unspecified atom stereocenters. The van der Waals surface area contributed by atoms with E-state index in [4.69, 9.17) is 4.74 Å². The SMILES string of the molecule is CC1CCCC2(C1)OCCNC2c1ccnn1C. The Morgan fingerprint density at radius 1 is 1.56 bits per heavy atom. The molecule has 18 heavy (non-hydrogen) atoms. The molecule has 0 radical (unpaired) electrons. The van der Waals surface area contributed by atoms with Crippen LogP contribution in [0.4, 0.5) is 0 Å². The van der Waals surface area contributed by atoms with E-state index in [-0.39, 0.29) is 5.60 Å². The lowest BCUT2D eigenvalue weighted by Gasteiger charge is -2.48. The highest BCUT2D eigenvalue weighted by molar-refractivity contribution is 5.15. The van der Waals surface area contributed by atoms with Crippen LogP contribution < -0.4 is 5.32 Å². The predicted molar refractivity (Wildman–Crippen MR) is 70.3 cm³/mol. The van der Waals surface area contributed by atoms with Crippen LogP contribution in [0.25, 0.3) is 0 Å². The fourth-order valence-electron chi connectivity index (χ4n) is 3.71. The second kappa shape index (κ2) is 4.67. The summed E-state index contributed by atoms with van der Waals surface area (Å²) in [6.45, 7) is 4.12. The lowest BCUT2D eigenvalue weighted by molar-refractivity contribution is -0.129. The minimum atomic E-state index is -0.0102. The number of nitrogens with one attached hydrogen (secondary N) is 1. The molecule has 1 saturated heterocycles. The Morgan fingerprint density at radius 3 is 3.17 bits per heavy atom. The van der Waals surface area contributed by atoms with E-state index in [2.05, 4.69) is 23.4 Å². The lowest BCUT2D eigenvalue weighted by Crippen LogP contribution is -2.54. The van der Waals surface area contributed by atoms with Gasteiger partial charge in [-0.1, -0.05) is 19.8 Å². The van der Waals surface area contributed by atoms with Gasteiger partial charge >= 0.3 is 0 Å². The molecule has 1 N–H and O–H groups in total. The Morgan fingerprint density at radius 2 is 2.44 bits per heavy atom. The van der Waals surface area contributed by atoms with Gasteiger partial charge in [0.1, 0.15) is 0 Å². The summed E-state index contributed by atoms with van der Waals surface area (Å²) in [5.74, 6) is 0.759. The van der Waals surface area contributed by atoms with Crippen LogP contribution in [0.3, 0.4) is 0 Å². The highest BCUT2D eigenvalue weighted by Gasteiger charge is 2.46. The molecule has 2 aliphatic rings. The first-order valence-corrected chi connectivity index (χ1v) is 7.06. The lowest BCUT2D eigenvalue weighted by atomic mass is 9.73. The number of aryl methyl sites for hydroxylation is 1. The summed E-state index contributed by atoms with van der Waals surface area (Å²) in [6, 6.07) is 2.41. The van der Waals surface area contributed by atoms with Crippen molar-refractivity contribution in [3.63, 3.8) is 0 Å². The van der Waals surface area contributed by atoms with Gasteiger partial charge in [0.15, 0.2) is 0 Å². The van der Waals surface area contributed by atoms with Gasteiger partial charge in [-0.3, -0.25) is 4.68 Å². The molecule has 2 fully saturated rings. The van der Waals surface area contributed by atoms with Crippen molar-refractivity contribution < 1.29 is 4.74 Å². The third-order valence-corrected chi connectivity index (χ3v) is 4.51. The van der Waals surface area contributed by atoms with Crippen molar-refractivity contribution in [1.29, 1.82) is 0 Å². The van der Waals surface area contributed by atoms with Crippen molar-refractivity contribution in [1.82, 2.24) is 15.1 Å². The van der Waals surface area contributed by atoms with Crippen molar-refractivity contribution >= 4 is 0 Å². The van der Waals surface area contributed by atoms with E-state index < -0.39 is 0 Å². The van der Waals surface area contributed by atoms with Gasteiger partial charge in [0.2, 0.25) is 0 Å². The fraction of sp³-hybridized carbons (Fsp3) is 0.786. The third kappa shape index (κ3) is 1.97. The van der Waals surface area contributed by atoms with Gasteiger partial charge in [-0.15, -0.1) is 0 Å². The van der Waals surface area contributed by atoms with E-state index in [0.717, 1.165) is 25.5 Å². The number of morpholine rings is 1. The van der Waals surface area contributed by atoms with Crippen LogP contribution in [0.5, 0.6) is 0 Å². The van der Waals surface area contributed by atoms with Crippen LogP contribution in [0, 0.1) is 5.92 Å². The van der Waals surface area contributed by atoms with E-state index in [0.29, 0.717) is 6.04 Å². The van der Waals surface area contributed by atoms with Gasteiger partial charge in [0.05, 0.1) is 23.9 Å². The molecular weight excluding hydrogens is 226 g/mol. The Balaban J connectivity index is 1.92. The molecule has 1 aliphatic heterocycles. The zero-order valence-electron chi connectivity index (χ0n) is 11.4. The topological polar surface area (TPSA) is 39.1 Å². The minimum absolute atomic E-state index is 0.0102. The van der Waals surface area contributed by atoms with Crippen molar-refractivity contribution in [2.45, 2.75) is 44.2 Å². The van der Waals surface area contributed by atoms with Crippen LogP contribution in [-0.4, -0.2) is 28.5 Å². The number of nitrogens with zero attached hydrogens (tertiary/aromatic N) is 2. The molecule has 100 valence electrons. The maximum atomic E-state index is 6.26. The summed E-state index contributed by atoms with van der Waals surface area (Å²) in [5, 5.41) is 7.97. The Kier molecular flexibility index (Phi) is 3.16. The summed E-state index contributed by atoms with van der Waals surface area (Å²) < 4.78 is 8.24. The van der Waals surface area contributed by atoms with Crippen LogP contribution in [0.2, 0.25) is 0 Å². The smallest absolute Gasteiger partial charge is 0.0894 e. The molecule has 1 aromatic heterocycles. The summed E-state index contributed by atoms with van der Waals surface area (Å²) in [5.41, 5.74) is 1.24. The van der Waals surface area contributed by atoms with Crippen molar-refractivity contribution in [2.75, 3.05) is 13.2 Å². The van der Waals surface area contributed by atoms with E-state index in [9.17, 15) is 0 Å². The first-order valence-electron chi connectivity index (χ1n) is 7.06. The van der Waals surface area contributed by atoms with Crippen LogP contribution in [-0.2, 0) is 11.8 Å². The third-order valence-electron chi connectivity index (χ3n) is 4.51. The van der Waals surface area contributed by atoms with Crippen molar-refractivity contribution in [3.05, 3.63) is 18.0 Å². The average molecular weight is 249 g/mol. The minimum Gasteiger partial charge on any atom is -0.372 e. The number of rotatable bonds is 1. The molecule has 1 saturated carbocycles. The monoisotopic (exact) mass is 249 g/mol. The molecule has 0 amide bonds. The number of hydrogen-bond acceptors (Lipinski definition) is 3. The first-order chi connectivity index (χ1) is 8.71. The summed E-state index contributed by atoms with van der Waals surface area (Å²) in [4.78, 5) is 0.